The molecule has 2 heterocycles. The van der Waals surface area contributed by atoms with Crippen LogP contribution in [0.15, 0.2) is 183 Å². The number of aromatic nitrogens is 1. The van der Waals surface area contributed by atoms with E-state index in [1.54, 1.807) is 13.0 Å². The molecule has 0 amide bonds. The van der Waals surface area contributed by atoms with Crippen LogP contribution < -0.4 is 15.4 Å². The number of aryl methyl sites for hydroxylation is 1. The van der Waals surface area contributed by atoms with Crippen LogP contribution in [0.2, 0.25) is 0 Å². The predicted molar refractivity (Wildman–Crippen MR) is 308 cm³/mol. The summed E-state index contributed by atoms with van der Waals surface area (Å²) in [5.41, 5.74) is 0.949. The van der Waals surface area contributed by atoms with Gasteiger partial charge < -0.3 is 15.4 Å². The van der Waals surface area contributed by atoms with Gasteiger partial charge in [0.1, 0.15) is 55.3 Å². The number of nitriles is 2. The fourth-order valence-electron chi connectivity index (χ4n) is 8.37. The highest BCUT2D eigenvalue weighted by Crippen LogP contribution is 2.50. The topological polar surface area (TPSA) is 440 Å². The second-order valence-electron chi connectivity index (χ2n) is 18.0. The zero-order chi connectivity index (χ0) is 61.6. The highest BCUT2D eigenvalue weighted by atomic mass is 32.2. The summed E-state index contributed by atoms with van der Waals surface area (Å²) in [7, 11) is -23.4. The number of azo groups is 3. The Balaban J connectivity index is 1.15. The lowest BCUT2D eigenvalue weighted by molar-refractivity contribution is 0.416. The molecule has 2 aromatic heterocycles. The number of pyridine rings is 1. The van der Waals surface area contributed by atoms with Crippen LogP contribution in [0.4, 0.5) is 55.8 Å². The quantitative estimate of drug-likeness (QED) is 0.0329. The summed E-state index contributed by atoms with van der Waals surface area (Å²) in [5, 5.41) is 54.4. The molecule has 0 aliphatic rings. The third kappa shape index (κ3) is 13.1. The van der Waals surface area contributed by atoms with E-state index in [0.29, 0.717) is 29.3 Å². The number of nitrogens with zero attached hydrogens (tertiary/aromatic N) is 9. The van der Waals surface area contributed by atoms with E-state index in [4.69, 9.17) is 4.74 Å². The molecule has 0 aliphatic heterocycles. The monoisotopic (exact) mass is 1260 g/mol. The van der Waals surface area contributed by atoms with E-state index < -0.39 is 91.5 Å². The maximum atomic E-state index is 12.6. The molecular weight excluding hydrogens is 1230 g/mol. The van der Waals surface area contributed by atoms with Crippen molar-refractivity contribution in [2.75, 3.05) is 17.7 Å². The van der Waals surface area contributed by atoms with E-state index in [2.05, 4.69) is 58.4 Å². The SMILES string of the molecule is COc1cc(N=Nc2cc3c(S(=O)(=O)O)cc(S(=O)(=O)O)cc3cc2S(=O)(=O)O)c(C)cc1N=Nc1sc(N=Nc2c(Nc3ccc(S(=O)(=O)O)cc3)nc(Nc3ccc(S(=O)(=O)O)cc3)c(C#N)c2C)c(C#N)c1-c1ccc2ccccc2c1. The summed E-state index contributed by atoms with van der Waals surface area (Å²) < 4.78 is 176. The Morgan fingerprint density at radius 3 is 1.62 bits per heavy atom. The van der Waals surface area contributed by atoms with E-state index in [1.165, 1.54) is 50.4 Å². The molecule has 9 aromatic rings. The normalized spacial score (nSPS) is 12.5. The van der Waals surface area contributed by atoms with Crippen molar-refractivity contribution in [2.24, 2.45) is 30.7 Å². The summed E-state index contributed by atoms with van der Waals surface area (Å²) in [6.45, 7) is 3.06. The van der Waals surface area contributed by atoms with Gasteiger partial charge in [-0.05, 0) is 126 Å². The smallest absolute Gasteiger partial charge is 0.296 e. The summed E-state index contributed by atoms with van der Waals surface area (Å²) in [6.07, 6.45) is 0. The van der Waals surface area contributed by atoms with Gasteiger partial charge in [0.2, 0.25) is 0 Å². The number of methoxy groups -OCH3 is 1. The summed E-state index contributed by atoms with van der Waals surface area (Å²) >= 11 is 0.880. The van der Waals surface area contributed by atoms with E-state index in [9.17, 15) is 75.4 Å². The lowest BCUT2D eigenvalue weighted by Gasteiger charge is -2.16. The van der Waals surface area contributed by atoms with Gasteiger partial charge in [-0.1, -0.05) is 47.7 Å². The molecule has 85 heavy (non-hydrogen) atoms. The maximum Gasteiger partial charge on any atom is 0.296 e. The van der Waals surface area contributed by atoms with Crippen molar-refractivity contribution in [3.8, 4) is 29.0 Å². The average Bonchev–Trinajstić information content (AvgIpc) is 3.94. The van der Waals surface area contributed by atoms with Gasteiger partial charge in [-0.15, -0.1) is 25.6 Å². The molecule has 0 saturated heterocycles. The van der Waals surface area contributed by atoms with Gasteiger partial charge in [0, 0.05) is 34.0 Å². The molecule has 0 fully saturated rings. The first-order valence-electron chi connectivity index (χ1n) is 23.6. The number of fused-ring (bicyclic) bond motifs is 2. The Labute approximate surface area is 486 Å². The van der Waals surface area contributed by atoms with Crippen LogP contribution in [0.3, 0.4) is 0 Å². The van der Waals surface area contributed by atoms with Gasteiger partial charge in [-0.3, -0.25) is 22.8 Å². The van der Waals surface area contributed by atoms with Gasteiger partial charge >= 0.3 is 0 Å². The van der Waals surface area contributed by atoms with Crippen molar-refractivity contribution in [3.63, 3.8) is 0 Å². The standard InChI is InChI=1S/C52H37N11O16S6/c1-27-18-42(44(79-3)24-41(27)58-60-43-23-38-32(21-46(43)85(76,77)78)20-37(83(70,71)72)22-45(38)84(73,74)75)59-63-52-47(31-9-8-29-6-4-5-7-30(29)19-31)40(26-54)51(80-52)62-61-48-28(2)39(25-53)49(55-33-10-14-35(15-11-33)81(64,65)66)57-50(48)56-34-12-16-36(17-13-34)82(67,68)69/h4-24H,1-3H3,(H2,55,56,57)(H,64,65,66)(H,67,68,69)(H,70,71,72)(H,73,74,75)(H,76,77,78). The number of nitrogens with one attached hydrogen (secondary N) is 2. The second-order valence-corrected chi connectivity index (χ2v) is 26.0. The minimum atomic E-state index is -5.24. The van der Waals surface area contributed by atoms with Crippen molar-refractivity contribution in [2.45, 2.75) is 38.3 Å². The zero-order valence-corrected chi connectivity index (χ0v) is 48.2. The Hall–Kier alpha value is -9.36. The molecule has 0 spiro atoms. The van der Waals surface area contributed by atoms with Gasteiger partial charge in [0.15, 0.2) is 16.6 Å². The van der Waals surface area contributed by atoms with E-state index >= 15 is 0 Å². The van der Waals surface area contributed by atoms with Crippen LogP contribution in [0.1, 0.15) is 22.3 Å². The Morgan fingerprint density at radius 2 is 1.06 bits per heavy atom. The fourth-order valence-corrected chi connectivity index (χ4v) is 12.2. The summed E-state index contributed by atoms with van der Waals surface area (Å²) in [5.74, 6) is -0.141. The Kier molecular flexibility index (Phi) is 16.3. The van der Waals surface area contributed by atoms with Crippen molar-refractivity contribution >= 4 is 139 Å². The van der Waals surface area contributed by atoms with E-state index in [0.717, 1.165) is 52.4 Å². The number of anilines is 4. The lowest BCUT2D eigenvalue weighted by atomic mass is 10.00. The first-order valence-corrected chi connectivity index (χ1v) is 31.6. The Morgan fingerprint density at radius 1 is 0.506 bits per heavy atom. The van der Waals surface area contributed by atoms with Crippen LogP contribution in [0, 0.1) is 36.5 Å². The molecule has 432 valence electrons. The van der Waals surface area contributed by atoms with Crippen molar-refractivity contribution in [3.05, 3.63) is 150 Å². The number of ether oxygens (including phenoxy) is 1. The first-order chi connectivity index (χ1) is 39.9. The highest BCUT2D eigenvalue weighted by Gasteiger charge is 2.27. The molecule has 0 radical (unpaired) electrons. The molecule has 9 rings (SSSR count). The van der Waals surface area contributed by atoms with E-state index in [-0.39, 0.29) is 78.1 Å². The first kappa shape index (κ1) is 60.2. The van der Waals surface area contributed by atoms with Crippen LogP contribution in [-0.4, -0.2) is 76.9 Å². The van der Waals surface area contributed by atoms with Gasteiger partial charge in [-0.25, -0.2) is 4.98 Å². The number of rotatable bonds is 17. The lowest BCUT2D eigenvalue weighted by Crippen LogP contribution is -2.05. The molecule has 0 aliphatic carbocycles. The summed E-state index contributed by atoms with van der Waals surface area (Å²) in [4.78, 5) is 0.736. The van der Waals surface area contributed by atoms with Crippen LogP contribution in [0.25, 0.3) is 32.7 Å². The molecule has 7 aromatic carbocycles. The van der Waals surface area contributed by atoms with Crippen molar-refractivity contribution in [1.82, 2.24) is 4.98 Å². The van der Waals surface area contributed by atoms with E-state index in [1.807, 2.05) is 36.4 Å². The number of benzene rings is 7. The fraction of sp³-hybridized carbons (Fsp3) is 0.0577. The molecule has 0 atom stereocenters. The molecule has 0 saturated carbocycles. The van der Waals surface area contributed by atoms with Crippen molar-refractivity contribution < 1.29 is 69.6 Å². The molecule has 27 nitrogen and oxygen atoms in total. The van der Waals surface area contributed by atoms with Gasteiger partial charge in [0.25, 0.3) is 50.6 Å². The summed E-state index contributed by atoms with van der Waals surface area (Å²) in [6, 6.07) is 32.1. The van der Waals surface area contributed by atoms with Gasteiger partial charge in [0.05, 0.1) is 33.0 Å². The third-order valence-corrected chi connectivity index (χ3v) is 17.8. The maximum absolute atomic E-state index is 12.6. The average molecular weight is 1260 g/mol. The van der Waals surface area contributed by atoms with Crippen LogP contribution >= 0.6 is 11.3 Å². The van der Waals surface area contributed by atoms with Crippen LogP contribution in [0.5, 0.6) is 5.75 Å². The number of hydrogen-bond donors (Lipinski definition) is 7. The highest BCUT2D eigenvalue weighted by molar-refractivity contribution is 7.87. The molecule has 7 N–H and O–H groups in total. The molecular formula is C52H37N11O16S6. The minimum absolute atomic E-state index is 0.00260. The zero-order valence-electron chi connectivity index (χ0n) is 43.3. The third-order valence-electron chi connectivity index (χ3n) is 12.5. The Bertz CT molecular complexity index is 5070. The second kappa shape index (κ2) is 23.0. The molecule has 0 unspecified atom stereocenters. The molecule has 33 heteroatoms. The van der Waals surface area contributed by atoms with Crippen LogP contribution in [-0.2, 0) is 50.6 Å². The number of hydrogen-bond acceptors (Lipinski definition) is 23. The van der Waals surface area contributed by atoms with Crippen molar-refractivity contribution in [1.29, 1.82) is 10.5 Å². The molecule has 0 bridgehead atoms. The largest absolute Gasteiger partial charge is 0.494 e. The minimum Gasteiger partial charge on any atom is -0.494 e. The van der Waals surface area contributed by atoms with Gasteiger partial charge in [-0.2, -0.15) is 57.7 Å². The predicted octanol–water partition coefficient (Wildman–Crippen LogP) is 12.5. The number of thiophene rings is 1.